The molecule has 0 aromatic rings. The molecule has 1 unspecified atom stereocenters. The van der Waals surface area contributed by atoms with E-state index in [-0.39, 0.29) is 5.65 Å². The molecule has 1 amide bonds. The first kappa shape index (κ1) is 13.3. The fourth-order valence-corrected chi connectivity index (χ4v) is 1.22. The number of hydrogen-bond donors (Lipinski definition) is 3. The monoisotopic (exact) mass is 220 g/mol. The van der Waals surface area contributed by atoms with E-state index in [1.54, 1.807) is 7.05 Å². The number of nitrogens with one attached hydrogen (secondary N) is 2. The Labute approximate surface area is 85.8 Å². The van der Waals surface area contributed by atoms with Gasteiger partial charge in [-0.25, -0.2) is 0 Å². The average Bonchev–Trinajstić information content (AvgIpc) is 2.10. The number of amides is 1. The Kier molecular flexibility index (Phi) is 7.34. The van der Waals surface area contributed by atoms with Crippen LogP contribution in [0.3, 0.4) is 0 Å². The normalized spacial score (nSPS) is 12.1. The predicted molar refractivity (Wildman–Crippen MR) is 57.4 cm³/mol. The third kappa shape index (κ3) is 6.80. The SMILES string of the molecule is CN[C@@H](CCCCNC(=O)P)C(=O)O. The summed E-state index contributed by atoms with van der Waals surface area (Å²) in [6, 6.07) is -0.485. The van der Waals surface area contributed by atoms with Crippen LogP contribution in [0, 0.1) is 0 Å². The van der Waals surface area contributed by atoms with Gasteiger partial charge in [-0.2, -0.15) is 0 Å². The van der Waals surface area contributed by atoms with Crippen molar-refractivity contribution in [1.82, 2.24) is 10.6 Å². The first-order valence-corrected chi connectivity index (χ1v) is 5.09. The molecule has 3 N–H and O–H groups in total. The molecular formula is C8H17N2O3P. The van der Waals surface area contributed by atoms with Crippen LogP contribution in [0.4, 0.5) is 4.79 Å². The van der Waals surface area contributed by atoms with Gasteiger partial charge in [-0.05, 0) is 35.5 Å². The lowest BCUT2D eigenvalue weighted by atomic mass is 10.1. The second-order valence-electron chi connectivity index (χ2n) is 2.97. The van der Waals surface area contributed by atoms with Gasteiger partial charge in [0.05, 0.1) is 0 Å². The Hall–Kier alpha value is -0.670. The van der Waals surface area contributed by atoms with Crippen molar-refractivity contribution < 1.29 is 14.7 Å². The van der Waals surface area contributed by atoms with Crippen LogP contribution in [0.15, 0.2) is 0 Å². The number of carbonyl (C=O) groups excluding carboxylic acids is 1. The first-order valence-electron chi connectivity index (χ1n) is 4.51. The van der Waals surface area contributed by atoms with E-state index in [1.165, 1.54) is 0 Å². The van der Waals surface area contributed by atoms with Crippen LogP contribution in [-0.2, 0) is 4.79 Å². The van der Waals surface area contributed by atoms with Crippen LogP contribution in [0.25, 0.3) is 0 Å². The van der Waals surface area contributed by atoms with Crippen molar-refractivity contribution in [3.63, 3.8) is 0 Å². The zero-order valence-corrected chi connectivity index (χ0v) is 9.40. The Morgan fingerprint density at radius 1 is 1.43 bits per heavy atom. The minimum atomic E-state index is -0.831. The Balaban J connectivity index is 3.42. The fraction of sp³-hybridized carbons (Fsp3) is 0.750. The number of likely N-dealkylation sites (N-methyl/N-ethyl adjacent to an activating group) is 1. The highest BCUT2D eigenvalue weighted by Gasteiger charge is 2.13. The summed E-state index contributed by atoms with van der Waals surface area (Å²) in [6.07, 6.45) is 2.16. The number of aliphatic carboxylic acids is 1. The van der Waals surface area contributed by atoms with Crippen molar-refractivity contribution in [2.75, 3.05) is 13.6 Å². The predicted octanol–water partition coefficient (Wildman–Crippen LogP) is 0.414. The van der Waals surface area contributed by atoms with Crippen molar-refractivity contribution in [2.45, 2.75) is 25.3 Å². The summed E-state index contributed by atoms with van der Waals surface area (Å²) < 4.78 is 0. The second kappa shape index (κ2) is 7.71. The lowest BCUT2D eigenvalue weighted by Gasteiger charge is -2.10. The molecule has 0 heterocycles. The Morgan fingerprint density at radius 2 is 2.07 bits per heavy atom. The topological polar surface area (TPSA) is 78.4 Å². The van der Waals surface area contributed by atoms with Gasteiger partial charge in [0.2, 0.25) is 5.65 Å². The van der Waals surface area contributed by atoms with Crippen LogP contribution < -0.4 is 10.6 Å². The number of rotatable bonds is 7. The van der Waals surface area contributed by atoms with Crippen molar-refractivity contribution >= 4 is 20.9 Å². The number of unbranched alkanes of at least 4 members (excludes halogenated alkanes) is 1. The molecule has 0 saturated heterocycles. The molecule has 0 fully saturated rings. The van der Waals surface area contributed by atoms with E-state index in [2.05, 4.69) is 10.6 Å². The average molecular weight is 220 g/mol. The summed E-state index contributed by atoms with van der Waals surface area (Å²) in [6.45, 7) is 0.596. The van der Waals surface area contributed by atoms with Gasteiger partial charge in [0.1, 0.15) is 6.04 Å². The number of hydrogen-bond acceptors (Lipinski definition) is 3. The molecule has 0 aromatic carbocycles. The standard InChI is InChI=1S/C8H17N2O3P/c1-9-6(7(11)12)4-2-3-5-10-8(13)14/h6,9H,2-5,14H2,1H3,(H,10,13)(H,11,12)/t6-/m0/s1. The van der Waals surface area contributed by atoms with E-state index < -0.39 is 12.0 Å². The van der Waals surface area contributed by atoms with Gasteiger partial charge < -0.3 is 15.7 Å². The van der Waals surface area contributed by atoms with Gasteiger partial charge in [-0.15, -0.1) is 0 Å². The quantitative estimate of drug-likeness (QED) is 0.429. The van der Waals surface area contributed by atoms with Crippen LogP contribution in [0.2, 0.25) is 0 Å². The van der Waals surface area contributed by atoms with Crippen molar-refractivity contribution in [3.05, 3.63) is 0 Å². The maximum Gasteiger partial charge on any atom is 0.320 e. The van der Waals surface area contributed by atoms with Crippen molar-refractivity contribution in [1.29, 1.82) is 0 Å². The van der Waals surface area contributed by atoms with Crippen molar-refractivity contribution in [3.8, 4) is 0 Å². The fourth-order valence-electron chi connectivity index (χ4n) is 1.08. The maximum absolute atomic E-state index is 10.6. The van der Waals surface area contributed by atoms with Gasteiger partial charge >= 0.3 is 5.97 Å². The highest BCUT2D eigenvalue weighted by atomic mass is 31.0. The van der Waals surface area contributed by atoms with Gasteiger partial charge in [0.25, 0.3) is 0 Å². The summed E-state index contributed by atoms with van der Waals surface area (Å²) in [7, 11) is 3.66. The molecule has 14 heavy (non-hydrogen) atoms. The molecule has 0 bridgehead atoms. The van der Waals surface area contributed by atoms with E-state index in [4.69, 9.17) is 5.11 Å². The summed E-state index contributed by atoms with van der Waals surface area (Å²) in [4.78, 5) is 21.0. The molecule has 0 aliphatic rings. The largest absolute Gasteiger partial charge is 0.480 e. The second-order valence-corrected chi connectivity index (χ2v) is 3.49. The van der Waals surface area contributed by atoms with E-state index in [1.807, 2.05) is 9.24 Å². The molecule has 0 radical (unpaired) electrons. The highest BCUT2D eigenvalue weighted by molar-refractivity contribution is 7.39. The third-order valence-corrected chi connectivity index (χ3v) is 2.07. The molecule has 0 aliphatic heterocycles. The Morgan fingerprint density at radius 3 is 2.50 bits per heavy atom. The molecule has 0 aliphatic carbocycles. The van der Waals surface area contributed by atoms with E-state index in [0.717, 1.165) is 12.8 Å². The molecule has 82 valence electrons. The van der Waals surface area contributed by atoms with Crippen molar-refractivity contribution in [2.24, 2.45) is 0 Å². The summed E-state index contributed by atoms with van der Waals surface area (Å²) >= 11 is 0. The van der Waals surface area contributed by atoms with Crippen LogP contribution in [-0.4, -0.2) is 36.4 Å². The first-order chi connectivity index (χ1) is 6.57. The molecule has 0 saturated carbocycles. The van der Waals surface area contributed by atoms with Crippen LogP contribution >= 0.6 is 9.24 Å². The Bertz CT molecular complexity index is 199. The molecule has 0 spiro atoms. The smallest absolute Gasteiger partial charge is 0.320 e. The van der Waals surface area contributed by atoms with Crippen LogP contribution in [0.1, 0.15) is 19.3 Å². The molecule has 2 atom stereocenters. The van der Waals surface area contributed by atoms with Gasteiger partial charge in [-0.1, -0.05) is 0 Å². The summed E-state index contributed by atoms with van der Waals surface area (Å²) in [5.41, 5.74) is -0.131. The van der Waals surface area contributed by atoms with Crippen LogP contribution in [0.5, 0.6) is 0 Å². The summed E-state index contributed by atoms with van der Waals surface area (Å²) in [5.74, 6) is -0.831. The minimum Gasteiger partial charge on any atom is -0.480 e. The molecular weight excluding hydrogens is 203 g/mol. The molecule has 0 aromatic heterocycles. The zero-order valence-electron chi connectivity index (χ0n) is 8.25. The van der Waals surface area contributed by atoms with E-state index in [9.17, 15) is 9.59 Å². The zero-order chi connectivity index (χ0) is 11.0. The number of carboxylic acids is 1. The minimum absolute atomic E-state index is 0.131. The van der Waals surface area contributed by atoms with Gasteiger partial charge in [0, 0.05) is 6.54 Å². The third-order valence-electron chi connectivity index (χ3n) is 1.87. The number of carboxylic acid groups (broad SMARTS) is 1. The molecule has 5 nitrogen and oxygen atoms in total. The van der Waals surface area contributed by atoms with E-state index >= 15 is 0 Å². The van der Waals surface area contributed by atoms with Gasteiger partial charge in [-0.3, -0.25) is 9.59 Å². The molecule has 0 rings (SSSR count). The van der Waals surface area contributed by atoms with E-state index in [0.29, 0.717) is 13.0 Å². The lowest BCUT2D eigenvalue weighted by molar-refractivity contribution is -0.139. The highest BCUT2D eigenvalue weighted by Crippen LogP contribution is 2.00. The number of carbonyl (C=O) groups is 2. The maximum atomic E-state index is 10.6. The molecule has 6 heteroatoms. The lowest BCUT2D eigenvalue weighted by Crippen LogP contribution is -2.33. The van der Waals surface area contributed by atoms with Gasteiger partial charge in [0.15, 0.2) is 0 Å². The summed E-state index contributed by atoms with van der Waals surface area (Å²) in [5, 5.41) is 14.0.